The van der Waals surface area contributed by atoms with Gasteiger partial charge in [0, 0.05) is 37.0 Å². The van der Waals surface area contributed by atoms with E-state index >= 15 is 0 Å². The zero-order valence-corrected chi connectivity index (χ0v) is 33.5. The van der Waals surface area contributed by atoms with Crippen molar-refractivity contribution < 1.29 is 33.3 Å². The summed E-state index contributed by atoms with van der Waals surface area (Å²) in [5.41, 5.74) is 6.43. The number of amides is 2. The Hall–Kier alpha value is -6.64. The number of alkyl carbamates (subject to hydrolysis) is 1. The van der Waals surface area contributed by atoms with E-state index in [-0.39, 0.29) is 23.7 Å². The van der Waals surface area contributed by atoms with E-state index in [1.807, 2.05) is 78.9 Å². The second-order valence-corrected chi connectivity index (χ2v) is 15.0. The van der Waals surface area contributed by atoms with E-state index in [9.17, 15) is 14.4 Å². The highest BCUT2D eigenvalue weighted by Crippen LogP contribution is 2.37. The maximum atomic E-state index is 14.0. The summed E-state index contributed by atoms with van der Waals surface area (Å²) in [5, 5.41) is 6.10. The molecule has 6 aromatic rings. The minimum Gasteiger partial charge on any atom is -0.453 e. The number of hydrogen-bond acceptors (Lipinski definition) is 11. The molecule has 2 amide bonds. The summed E-state index contributed by atoms with van der Waals surface area (Å²) in [6.07, 6.45) is 5.41. The predicted octanol–water partition coefficient (Wildman–Crippen LogP) is 6.98. The average Bonchev–Trinajstić information content (AvgIpc) is 4.13. The first-order valence-electron chi connectivity index (χ1n) is 20.1. The number of aromatic amines is 1. The average molecular weight is 810 g/mol. The molecule has 2 fully saturated rings. The molecule has 308 valence electrons. The number of Topliss-reactive ketones (excluding diaryl/α,β-unsaturated/α-hetero) is 1. The number of carbonyl (C=O) groups excluding carboxylic acids is 3. The molecule has 0 aliphatic carbocycles. The fourth-order valence-corrected chi connectivity index (χ4v) is 8.23. The van der Waals surface area contributed by atoms with Crippen molar-refractivity contribution in [2.45, 2.75) is 49.7 Å². The predicted molar refractivity (Wildman–Crippen MR) is 224 cm³/mol. The van der Waals surface area contributed by atoms with Gasteiger partial charge in [-0.15, -0.1) is 0 Å². The van der Waals surface area contributed by atoms with Crippen LogP contribution in [-0.2, 0) is 36.9 Å². The molecule has 14 heteroatoms. The Balaban J connectivity index is 0.904. The summed E-state index contributed by atoms with van der Waals surface area (Å²) in [6, 6.07) is 31.2. The Morgan fingerprint density at radius 2 is 1.67 bits per heavy atom. The van der Waals surface area contributed by atoms with Crippen molar-refractivity contribution in [1.82, 2.24) is 30.5 Å². The zero-order chi connectivity index (χ0) is 41.4. The smallest absolute Gasteiger partial charge is 0.407 e. The number of nitrogens with zero attached hydrogens (tertiary/aromatic N) is 4. The van der Waals surface area contributed by atoms with E-state index in [0.717, 1.165) is 65.6 Å². The lowest BCUT2D eigenvalue weighted by Gasteiger charge is -2.25. The number of rotatable bonds is 15. The van der Waals surface area contributed by atoms with Crippen LogP contribution >= 0.6 is 0 Å². The quantitative estimate of drug-likeness (QED) is 0.0425. The standard InChI is InChI=1S/C46H47N7O7/c1-57-46(56)52-40(32-10-5-3-6-11-32)42(54)34-25-47-26-35(34)43-50-36-22-19-30(24-37(36)51-43)16-15-29-17-20-31(21-18-29)39-27-48-44(60-39)38-14-9-23-53(38)45(55)41(49-28-59-58-2)33-12-7-4-8-13-33/h3-8,10-13,17-22,24,27-28,34-35,38,40-41,47H,9,14-16,23,25-26H2,1-2H3,(H,50,51)(H,52,56)/t34?,35-,38+,40-,41?/m1/s1. The molecule has 0 spiro atoms. The number of aryl methyl sites for hydroxylation is 2. The van der Waals surface area contributed by atoms with Gasteiger partial charge < -0.3 is 34.6 Å². The van der Waals surface area contributed by atoms with Gasteiger partial charge in [-0.2, -0.15) is 4.89 Å². The Kier molecular flexibility index (Phi) is 12.4. The van der Waals surface area contributed by atoms with Crippen molar-refractivity contribution in [2.75, 3.05) is 33.9 Å². The van der Waals surface area contributed by atoms with Gasteiger partial charge in [0.05, 0.1) is 31.4 Å². The zero-order valence-electron chi connectivity index (χ0n) is 33.5. The molecule has 3 N–H and O–H groups in total. The number of oxazole rings is 1. The number of methoxy groups -OCH3 is 1. The van der Waals surface area contributed by atoms with Gasteiger partial charge >= 0.3 is 6.09 Å². The van der Waals surface area contributed by atoms with Crippen molar-refractivity contribution in [3.63, 3.8) is 0 Å². The highest BCUT2D eigenvalue weighted by Gasteiger charge is 2.40. The number of imidazole rings is 1. The number of nitrogens with one attached hydrogen (secondary N) is 3. The minimum atomic E-state index is -0.841. The lowest BCUT2D eigenvalue weighted by atomic mass is 9.85. The molecule has 2 aliphatic rings. The number of aromatic nitrogens is 3. The molecule has 4 aromatic carbocycles. The highest BCUT2D eigenvalue weighted by molar-refractivity contribution is 5.91. The van der Waals surface area contributed by atoms with Crippen LogP contribution in [0.15, 0.2) is 119 Å². The third-order valence-electron chi connectivity index (χ3n) is 11.3. The maximum absolute atomic E-state index is 14.0. The molecule has 60 heavy (non-hydrogen) atoms. The molecule has 2 saturated heterocycles. The highest BCUT2D eigenvalue weighted by atomic mass is 17.2. The minimum absolute atomic E-state index is 0.0985. The number of H-pyrrole nitrogens is 1. The van der Waals surface area contributed by atoms with Crippen LogP contribution in [0.1, 0.15) is 70.9 Å². The van der Waals surface area contributed by atoms with E-state index < -0.39 is 24.1 Å². The summed E-state index contributed by atoms with van der Waals surface area (Å²) >= 11 is 0. The topological polar surface area (TPSA) is 173 Å². The van der Waals surface area contributed by atoms with Crippen LogP contribution in [0.3, 0.4) is 0 Å². The van der Waals surface area contributed by atoms with Crippen LogP contribution in [0.4, 0.5) is 4.79 Å². The van der Waals surface area contributed by atoms with Gasteiger partial charge in [0.1, 0.15) is 17.9 Å². The molecule has 14 nitrogen and oxygen atoms in total. The number of fused-ring (bicyclic) bond motifs is 1. The van der Waals surface area contributed by atoms with Crippen molar-refractivity contribution >= 4 is 35.2 Å². The molecule has 0 bridgehead atoms. The van der Waals surface area contributed by atoms with Crippen molar-refractivity contribution in [3.8, 4) is 11.3 Å². The number of aliphatic imine (C=N–C) groups is 1. The largest absolute Gasteiger partial charge is 0.453 e. The Bertz CT molecular complexity index is 2430. The summed E-state index contributed by atoms with van der Waals surface area (Å²) < 4.78 is 11.1. The summed E-state index contributed by atoms with van der Waals surface area (Å²) in [4.78, 5) is 68.8. The van der Waals surface area contributed by atoms with Gasteiger partial charge in [0.25, 0.3) is 5.91 Å². The Morgan fingerprint density at radius 3 is 2.42 bits per heavy atom. The van der Waals surface area contributed by atoms with E-state index in [0.29, 0.717) is 36.8 Å². The Labute approximate surface area is 347 Å². The van der Waals surface area contributed by atoms with Crippen molar-refractivity contribution in [2.24, 2.45) is 10.9 Å². The third kappa shape index (κ3) is 8.84. The van der Waals surface area contributed by atoms with Crippen LogP contribution < -0.4 is 10.6 Å². The molecular formula is C46H47N7O7. The van der Waals surface area contributed by atoms with Gasteiger partial charge in [0.2, 0.25) is 12.3 Å². The number of ketones is 1. The second kappa shape index (κ2) is 18.5. The SMILES string of the molecule is COOC=NC(C(=O)N1CCC[C@H]1c1ncc(-c2ccc(CCc3ccc4nc([C@@H]5CNCC5C(=O)[C@H](NC(=O)OC)c5ccccc5)[nH]c4c3)cc2)o1)c1ccccc1. The molecule has 0 radical (unpaired) electrons. The van der Waals surface area contributed by atoms with Gasteiger partial charge in [-0.25, -0.2) is 19.8 Å². The molecule has 8 rings (SSSR count). The lowest BCUT2D eigenvalue weighted by Crippen LogP contribution is -2.38. The van der Waals surface area contributed by atoms with Crippen LogP contribution in [0.5, 0.6) is 0 Å². The van der Waals surface area contributed by atoms with Gasteiger partial charge in [-0.3, -0.25) is 9.59 Å². The monoisotopic (exact) mass is 809 g/mol. The number of likely N-dealkylation sites (tertiary alicyclic amines) is 1. The fraction of sp³-hybridized carbons (Fsp3) is 0.304. The maximum Gasteiger partial charge on any atom is 0.407 e. The summed E-state index contributed by atoms with van der Waals surface area (Å²) in [5.74, 6) is 1.03. The normalized spacial score (nSPS) is 18.8. The molecule has 4 heterocycles. The number of benzene rings is 4. The molecular weight excluding hydrogens is 763 g/mol. The first-order valence-corrected chi connectivity index (χ1v) is 20.1. The number of hydrogen-bond donors (Lipinski definition) is 3. The van der Waals surface area contributed by atoms with Crippen LogP contribution in [0, 0.1) is 5.92 Å². The number of carbonyl (C=O) groups is 3. The van der Waals surface area contributed by atoms with Crippen molar-refractivity contribution in [3.05, 3.63) is 143 Å². The molecule has 5 atom stereocenters. The summed E-state index contributed by atoms with van der Waals surface area (Å²) in [6.45, 7) is 1.64. The number of ether oxygens (including phenoxy) is 1. The van der Waals surface area contributed by atoms with Crippen LogP contribution in [0.2, 0.25) is 0 Å². The molecule has 0 saturated carbocycles. The van der Waals surface area contributed by atoms with E-state index in [1.54, 1.807) is 11.1 Å². The van der Waals surface area contributed by atoms with Crippen LogP contribution in [0.25, 0.3) is 22.4 Å². The van der Waals surface area contributed by atoms with Crippen LogP contribution in [-0.4, -0.2) is 77.9 Å². The van der Waals surface area contributed by atoms with Gasteiger partial charge in [-0.05, 0) is 60.1 Å². The second-order valence-electron chi connectivity index (χ2n) is 15.0. The molecule has 2 unspecified atom stereocenters. The Morgan fingerprint density at radius 1 is 0.933 bits per heavy atom. The first kappa shape index (κ1) is 40.2. The van der Waals surface area contributed by atoms with E-state index in [2.05, 4.69) is 54.7 Å². The molecule has 2 aromatic heterocycles. The summed E-state index contributed by atoms with van der Waals surface area (Å²) in [7, 11) is 2.67. The fourth-order valence-electron chi connectivity index (χ4n) is 8.23. The molecule has 2 aliphatic heterocycles. The van der Waals surface area contributed by atoms with E-state index in [4.69, 9.17) is 19.0 Å². The lowest BCUT2D eigenvalue weighted by molar-refractivity contribution is -0.188. The van der Waals surface area contributed by atoms with Crippen molar-refractivity contribution in [1.29, 1.82) is 0 Å². The first-order chi connectivity index (χ1) is 29.4. The third-order valence-corrected chi connectivity index (χ3v) is 11.3. The van der Waals surface area contributed by atoms with E-state index in [1.165, 1.54) is 19.8 Å². The van der Waals surface area contributed by atoms with Gasteiger partial charge in [0.15, 0.2) is 17.6 Å². The van der Waals surface area contributed by atoms with Gasteiger partial charge in [-0.1, -0.05) is 91.0 Å².